The Balaban J connectivity index is 1.45. The van der Waals surface area contributed by atoms with Gasteiger partial charge >= 0.3 is 0 Å². The van der Waals surface area contributed by atoms with E-state index in [0.717, 1.165) is 58.5 Å². The molecule has 1 saturated heterocycles. The molecule has 0 spiro atoms. The molecular formula is C26H28N4O6. The third-order valence-electron chi connectivity index (χ3n) is 6.97. The van der Waals surface area contributed by atoms with Crippen LogP contribution in [0.15, 0.2) is 35.3 Å². The first kappa shape index (κ1) is 24.1. The topological polar surface area (TPSA) is 117 Å². The number of ketones is 1. The van der Waals surface area contributed by atoms with Gasteiger partial charge in [0.1, 0.15) is 5.75 Å². The molecule has 5 rings (SSSR count). The zero-order valence-corrected chi connectivity index (χ0v) is 20.2. The molecule has 0 N–H and O–H groups in total. The summed E-state index contributed by atoms with van der Waals surface area (Å²) in [7, 11) is 1.50. The number of carbonyl (C=O) groups excluding carboxylic acids is 1. The number of benzene rings is 1. The number of hydrogen-bond donors (Lipinski definition) is 0. The Morgan fingerprint density at radius 3 is 2.53 bits per heavy atom. The lowest BCUT2D eigenvalue weighted by Crippen LogP contribution is -2.36. The van der Waals surface area contributed by atoms with E-state index in [0.29, 0.717) is 40.2 Å². The highest BCUT2D eigenvalue weighted by molar-refractivity contribution is 6.26. The maximum Gasteiger partial charge on any atom is 0.270 e. The first-order chi connectivity index (χ1) is 17.5. The van der Waals surface area contributed by atoms with E-state index in [2.05, 4.69) is 9.88 Å². The first-order valence-corrected chi connectivity index (χ1v) is 12.2. The van der Waals surface area contributed by atoms with E-state index >= 15 is 0 Å². The lowest BCUT2D eigenvalue weighted by atomic mass is 10.0. The number of nitrogens with zero attached hydrogens (tertiary/aromatic N) is 4. The van der Waals surface area contributed by atoms with Crippen LogP contribution in [0.5, 0.6) is 5.75 Å². The summed E-state index contributed by atoms with van der Waals surface area (Å²) in [6.07, 6.45) is 5.30. The Morgan fingerprint density at radius 2 is 1.81 bits per heavy atom. The Hall–Kier alpha value is -3.63. The number of pyridine rings is 2. The van der Waals surface area contributed by atoms with Crippen molar-refractivity contribution in [1.82, 2.24) is 14.5 Å². The monoisotopic (exact) mass is 492 g/mol. The van der Waals surface area contributed by atoms with Gasteiger partial charge in [0.05, 0.1) is 59.3 Å². The summed E-state index contributed by atoms with van der Waals surface area (Å²) in [6.45, 7) is 4.94. The molecule has 3 aromatic rings. The highest BCUT2D eigenvalue weighted by Gasteiger charge is 2.34. The molecule has 1 aromatic carbocycles. The summed E-state index contributed by atoms with van der Waals surface area (Å²) in [4.78, 5) is 44.7. The van der Waals surface area contributed by atoms with Crippen molar-refractivity contribution in [3.63, 3.8) is 0 Å². The van der Waals surface area contributed by atoms with Crippen LogP contribution >= 0.6 is 0 Å². The van der Waals surface area contributed by atoms with Gasteiger partial charge in [0.25, 0.3) is 11.2 Å². The number of unbranched alkanes of at least 4 members (excludes halogenated alkanes) is 3. The number of hydrogen-bond acceptors (Lipinski definition) is 8. The smallest absolute Gasteiger partial charge is 0.270 e. The van der Waals surface area contributed by atoms with E-state index in [9.17, 15) is 19.7 Å². The van der Waals surface area contributed by atoms with Crippen molar-refractivity contribution in [1.29, 1.82) is 0 Å². The van der Waals surface area contributed by atoms with Crippen LogP contribution in [0.3, 0.4) is 0 Å². The van der Waals surface area contributed by atoms with E-state index < -0.39 is 4.92 Å². The van der Waals surface area contributed by atoms with Gasteiger partial charge in [0, 0.05) is 37.2 Å². The lowest BCUT2D eigenvalue weighted by molar-refractivity contribution is -0.384. The molecule has 1 fully saturated rings. The van der Waals surface area contributed by atoms with E-state index in [1.807, 2.05) is 0 Å². The molecule has 0 bridgehead atoms. The molecule has 3 heterocycles. The third kappa shape index (κ3) is 4.38. The summed E-state index contributed by atoms with van der Waals surface area (Å²) in [5.74, 6) is 0.188. The third-order valence-corrected chi connectivity index (χ3v) is 6.97. The number of rotatable bonds is 9. The Morgan fingerprint density at radius 1 is 1.06 bits per heavy atom. The van der Waals surface area contributed by atoms with Crippen molar-refractivity contribution in [2.24, 2.45) is 0 Å². The van der Waals surface area contributed by atoms with Gasteiger partial charge in [0.2, 0.25) is 0 Å². The van der Waals surface area contributed by atoms with Crippen LogP contribution in [0.4, 0.5) is 5.69 Å². The van der Waals surface area contributed by atoms with Gasteiger partial charge in [-0.2, -0.15) is 0 Å². The van der Waals surface area contributed by atoms with E-state index in [4.69, 9.17) is 9.47 Å². The maximum atomic E-state index is 13.6. The van der Waals surface area contributed by atoms with Crippen LogP contribution in [0.25, 0.3) is 22.2 Å². The van der Waals surface area contributed by atoms with Gasteiger partial charge in [-0.1, -0.05) is 12.8 Å². The lowest BCUT2D eigenvalue weighted by Gasteiger charge is -2.26. The number of aromatic nitrogens is 2. The standard InChI is InChI=1S/C26H28N4O6/c1-35-18-15-21-23(27-16-18)24-22(25(21)31)19-7-6-17(30(33)34)14-20(19)26(32)29(24)9-5-3-2-4-8-28-10-12-36-13-11-28/h6-7,14-16H,2-5,8-13H2,1H3. The summed E-state index contributed by atoms with van der Waals surface area (Å²) < 4.78 is 12.2. The fraction of sp³-hybridized carbons (Fsp3) is 0.423. The predicted molar refractivity (Wildman–Crippen MR) is 134 cm³/mol. The number of methoxy groups -OCH3 is 1. The van der Waals surface area contributed by atoms with E-state index in [-0.39, 0.29) is 22.4 Å². The molecule has 36 heavy (non-hydrogen) atoms. The largest absolute Gasteiger partial charge is 0.495 e. The number of ether oxygens (including phenoxy) is 2. The number of morpholine rings is 1. The normalized spacial score (nSPS) is 15.2. The van der Waals surface area contributed by atoms with Crippen molar-refractivity contribution >= 4 is 22.2 Å². The second-order valence-corrected chi connectivity index (χ2v) is 9.14. The molecule has 0 atom stereocenters. The second-order valence-electron chi connectivity index (χ2n) is 9.14. The zero-order valence-electron chi connectivity index (χ0n) is 20.2. The predicted octanol–water partition coefficient (Wildman–Crippen LogP) is 3.42. The highest BCUT2D eigenvalue weighted by Crippen LogP contribution is 2.40. The molecule has 2 aromatic heterocycles. The molecule has 10 heteroatoms. The summed E-state index contributed by atoms with van der Waals surface area (Å²) in [5.41, 5.74) is 1.13. The molecule has 2 aliphatic rings. The fourth-order valence-electron chi connectivity index (χ4n) is 5.08. The number of fused-ring (bicyclic) bond motifs is 5. The number of nitro benzene ring substituents is 1. The van der Waals surface area contributed by atoms with Crippen LogP contribution < -0.4 is 10.3 Å². The van der Waals surface area contributed by atoms with Gasteiger partial charge in [-0.15, -0.1) is 0 Å². The number of non-ortho nitro benzene ring substituents is 1. The quantitative estimate of drug-likeness (QED) is 0.198. The number of carbonyl (C=O) groups is 1. The van der Waals surface area contributed by atoms with Crippen molar-refractivity contribution < 1.29 is 19.2 Å². The van der Waals surface area contributed by atoms with Crippen molar-refractivity contribution in [3.05, 3.63) is 62.1 Å². The van der Waals surface area contributed by atoms with Crippen LogP contribution in [-0.4, -0.2) is 65.1 Å². The van der Waals surface area contributed by atoms with Gasteiger partial charge < -0.3 is 14.0 Å². The summed E-state index contributed by atoms with van der Waals surface area (Å²) >= 11 is 0. The fourth-order valence-corrected chi connectivity index (χ4v) is 5.08. The summed E-state index contributed by atoms with van der Waals surface area (Å²) in [5, 5.41) is 11.9. The minimum atomic E-state index is -0.534. The Labute approximate surface area is 207 Å². The molecule has 0 radical (unpaired) electrons. The minimum absolute atomic E-state index is 0.170. The van der Waals surface area contributed by atoms with Crippen LogP contribution in [0, 0.1) is 10.1 Å². The average Bonchev–Trinajstić information content (AvgIpc) is 3.19. The summed E-state index contributed by atoms with van der Waals surface area (Å²) in [6, 6.07) is 5.71. The van der Waals surface area contributed by atoms with E-state index in [1.54, 1.807) is 10.6 Å². The molecule has 0 saturated carbocycles. The Kier molecular flexibility index (Phi) is 6.80. The molecule has 1 aliphatic heterocycles. The molecule has 10 nitrogen and oxygen atoms in total. The molecule has 1 aliphatic carbocycles. The van der Waals surface area contributed by atoms with Gasteiger partial charge in [-0.3, -0.25) is 29.6 Å². The Bertz CT molecular complexity index is 1390. The van der Waals surface area contributed by atoms with Crippen molar-refractivity contribution in [2.75, 3.05) is 40.0 Å². The van der Waals surface area contributed by atoms with Crippen LogP contribution in [-0.2, 0) is 11.3 Å². The van der Waals surface area contributed by atoms with Crippen LogP contribution in [0.1, 0.15) is 41.6 Å². The SMILES string of the molecule is COc1cnc2c(c1)C(=O)c1c-2n(CCCCCCN2CCOCC2)c(=O)c2cc([N+](=O)[O-])ccc12. The minimum Gasteiger partial charge on any atom is -0.495 e. The zero-order chi connectivity index (χ0) is 25.2. The molecule has 0 unspecified atom stereocenters. The highest BCUT2D eigenvalue weighted by atomic mass is 16.6. The number of nitro groups is 1. The second kappa shape index (κ2) is 10.2. The van der Waals surface area contributed by atoms with Crippen molar-refractivity contribution in [3.8, 4) is 17.1 Å². The van der Waals surface area contributed by atoms with Crippen LogP contribution in [0.2, 0.25) is 0 Å². The van der Waals surface area contributed by atoms with Crippen molar-refractivity contribution in [2.45, 2.75) is 32.2 Å². The van der Waals surface area contributed by atoms with E-state index in [1.165, 1.54) is 31.5 Å². The van der Waals surface area contributed by atoms with Gasteiger partial charge in [-0.25, -0.2) is 0 Å². The van der Waals surface area contributed by atoms with Gasteiger partial charge in [-0.05, 0) is 31.5 Å². The average molecular weight is 493 g/mol. The van der Waals surface area contributed by atoms with Gasteiger partial charge in [0.15, 0.2) is 5.78 Å². The molecule has 0 amide bonds. The molecule has 188 valence electrons. The maximum absolute atomic E-state index is 13.6. The first-order valence-electron chi connectivity index (χ1n) is 12.2. The molecular weight excluding hydrogens is 464 g/mol.